The van der Waals surface area contributed by atoms with E-state index >= 15 is 0 Å². The van der Waals surface area contributed by atoms with E-state index in [1.54, 1.807) is 0 Å². The van der Waals surface area contributed by atoms with E-state index in [2.05, 4.69) is 21.6 Å². The van der Waals surface area contributed by atoms with Crippen LogP contribution in [0.5, 0.6) is 0 Å². The van der Waals surface area contributed by atoms with Crippen molar-refractivity contribution >= 4 is 17.5 Å². The van der Waals surface area contributed by atoms with Crippen molar-refractivity contribution in [2.75, 3.05) is 31.2 Å². The summed E-state index contributed by atoms with van der Waals surface area (Å²) in [6, 6.07) is 7.73. The summed E-state index contributed by atoms with van der Waals surface area (Å²) in [6.07, 6.45) is 4.27. The average molecular weight is 359 g/mol. The number of ether oxygens (including phenoxy) is 1. The van der Waals surface area contributed by atoms with E-state index < -0.39 is 6.04 Å². The summed E-state index contributed by atoms with van der Waals surface area (Å²) < 4.78 is 5.43. The van der Waals surface area contributed by atoms with Crippen LogP contribution in [-0.4, -0.2) is 44.2 Å². The first-order valence-electron chi connectivity index (χ1n) is 9.60. The molecule has 2 N–H and O–H groups in total. The lowest BCUT2D eigenvalue weighted by Gasteiger charge is -2.31. The van der Waals surface area contributed by atoms with Crippen molar-refractivity contribution in [2.24, 2.45) is 5.92 Å². The molecular weight excluding hydrogens is 330 g/mol. The zero-order chi connectivity index (χ0) is 18.4. The topological polar surface area (TPSA) is 70.7 Å². The number of amides is 2. The Morgan fingerprint density at radius 3 is 2.58 bits per heavy atom. The van der Waals surface area contributed by atoms with Gasteiger partial charge < -0.3 is 20.3 Å². The summed E-state index contributed by atoms with van der Waals surface area (Å²) >= 11 is 0. The van der Waals surface area contributed by atoms with Crippen LogP contribution in [0.1, 0.15) is 38.2 Å². The van der Waals surface area contributed by atoms with Crippen molar-refractivity contribution in [3.05, 3.63) is 29.8 Å². The van der Waals surface area contributed by atoms with Crippen LogP contribution < -0.4 is 15.5 Å². The number of rotatable bonds is 6. The Hall–Kier alpha value is -2.08. The SMILES string of the molecule is CC(=O)N[C@@H](C(=O)NCc1ccccc1N1CCOCC1)C1CCCC1. The molecule has 0 unspecified atom stereocenters. The fourth-order valence-electron chi connectivity index (χ4n) is 3.97. The highest BCUT2D eigenvalue weighted by Gasteiger charge is 2.31. The summed E-state index contributed by atoms with van der Waals surface area (Å²) in [5, 5.41) is 5.91. The molecule has 1 atom stereocenters. The normalized spacial score (nSPS) is 19.2. The van der Waals surface area contributed by atoms with Gasteiger partial charge in [-0.15, -0.1) is 0 Å². The van der Waals surface area contributed by atoms with Gasteiger partial charge in [-0.3, -0.25) is 9.59 Å². The standard InChI is InChI=1S/C20H29N3O3/c1-15(24)22-19(16-6-2-3-7-16)20(25)21-14-17-8-4-5-9-18(17)23-10-12-26-13-11-23/h4-5,8-9,16,19H,2-3,6-7,10-14H2,1H3,(H,21,25)(H,22,24)/t19-/m1/s1. The number of morpholine rings is 1. The fourth-order valence-corrected chi connectivity index (χ4v) is 3.97. The molecule has 1 saturated heterocycles. The molecule has 2 fully saturated rings. The molecule has 1 aliphatic carbocycles. The minimum Gasteiger partial charge on any atom is -0.378 e. The van der Waals surface area contributed by atoms with E-state index in [1.807, 2.05) is 18.2 Å². The molecule has 1 aromatic rings. The zero-order valence-corrected chi connectivity index (χ0v) is 15.5. The van der Waals surface area contributed by atoms with Crippen LogP contribution in [0.3, 0.4) is 0 Å². The largest absolute Gasteiger partial charge is 0.378 e. The van der Waals surface area contributed by atoms with Gasteiger partial charge in [-0.2, -0.15) is 0 Å². The van der Waals surface area contributed by atoms with E-state index in [9.17, 15) is 9.59 Å². The van der Waals surface area contributed by atoms with Gasteiger partial charge in [0.15, 0.2) is 0 Å². The molecule has 1 aliphatic heterocycles. The lowest BCUT2D eigenvalue weighted by molar-refractivity contribution is -0.129. The maximum atomic E-state index is 12.8. The maximum absolute atomic E-state index is 12.8. The molecular formula is C20H29N3O3. The van der Waals surface area contributed by atoms with Gasteiger partial charge in [0.1, 0.15) is 6.04 Å². The van der Waals surface area contributed by atoms with Crippen LogP contribution in [0.4, 0.5) is 5.69 Å². The van der Waals surface area contributed by atoms with E-state index in [0.717, 1.165) is 63.2 Å². The molecule has 26 heavy (non-hydrogen) atoms. The van der Waals surface area contributed by atoms with Crippen molar-refractivity contribution in [3.8, 4) is 0 Å². The van der Waals surface area contributed by atoms with Gasteiger partial charge in [0.05, 0.1) is 13.2 Å². The molecule has 0 aromatic heterocycles. The molecule has 3 rings (SSSR count). The average Bonchev–Trinajstić information content (AvgIpc) is 3.19. The molecule has 0 radical (unpaired) electrons. The number of anilines is 1. The van der Waals surface area contributed by atoms with Crippen LogP contribution in [0.25, 0.3) is 0 Å². The van der Waals surface area contributed by atoms with Crippen LogP contribution in [-0.2, 0) is 20.9 Å². The smallest absolute Gasteiger partial charge is 0.243 e. The summed E-state index contributed by atoms with van der Waals surface area (Å²) in [5.41, 5.74) is 2.24. The van der Waals surface area contributed by atoms with Gasteiger partial charge in [0.2, 0.25) is 11.8 Å². The molecule has 2 aliphatic rings. The minimum absolute atomic E-state index is 0.0797. The Morgan fingerprint density at radius 1 is 1.19 bits per heavy atom. The number of hydrogen-bond acceptors (Lipinski definition) is 4. The summed E-state index contributed by atoms with van der Waals surface area (Å²) in [7, 11) is 0. The molecule has 1 heterocycles. The molecule has 0 bridgehead atoms. The lowest BCUT2D eigenvalue weighted by Crippen LogP contribution is -2.49. The number of nitrogens with zero attached hydrogens (tertiary/aromatic N) is 1. The molecule has 2 amide bonds. The third-order valence-electron chi connectivity index (χ3n) is 5.31. The predicted molar refractivity (Wildman–Crippen MR) is 101 cm³/mol. The van der Waals surface area contributed by atoms with Gasteiger partial charge in [-0.1, -0.05) is 31.0 Å². The highest BCUT2D eigenvalue weighted by molar-refractivity contribution is 5.87. The van der Waals surface area contributed by atoms with Crippen molar-refractivity contribution in [3.63, 3.8) is 0 Å². The van der Waals surface area contributed by atoms with Gasteiger partial charge in [0, 0.05) is 32.2 Å². The van der Waals surface area contributed by atoms with Crippen LogP contribution in [0.15, 0.2) is 24.3 Å². The number of hydrogen-bond donors (Lipinski definition) is 2. The lowest BCUT2D eigenvalue weighted by atomic mass is 9.97. The molecule has 1 aromatic carbocycles. The number of nitrogens with one attached hydrogen (secondary N) is 2. The second kappa shape index (κ2) is 9.03. The quantitative estimate of drug-likeness (QED) is 0.813. The third kappa shape index (κ3) is 4.75. The van der Waals surface area contributed by atoms with E-state index in [1.165, 1.54) is 6.92 Å². The first-order chi connectivity index (χ1) is 12.6. The van der Waals surface area contributed by atoms with E-state index in [4.69, 9.17) is 4.74 Å². The fraction of sp³-hybridized carbons (Fsp3) is 0.600. The first-order valence-corrected chi connectivity index (χ1v) is 9.60. The van der Waals surface area contributed by atoms with Gasteiger partial charge in [-0.05, 0) is 30.4 Å². The Bertz CT molecular complexity index is 622. The van der Waals surface area contributed by atoms with Gasteiger partial charge >= 0.3 is 0 Å². The van der Waals surface area contributed by atoms with Crippen molar-refractivity contribution in [2.45, 2.75) is 45.2 Å². The van der Waals surface area contributed by atoms with Crippen LogP contribution in [0, 0.1) is 5.92 Å². The first kappa shape index (κ1) is 18.7. The number of carbonyl (C=O) groups excluding carboxylic acids is 2. The summed E-state index contributed by atoms with van der Waals surface area (Å²) in [5.74, 6) is 0.0167. The Kier molecular flexibility index (Phi) is 6.50. The van der Waals surface area contributed by atoms with Gasteiger partial charge in [-0.25, -0.2) is 0 Å². The minimum atomic E-state index is -0.425. The molecule has 0 spiro atoms. The number of para-hydroxylation sites is 1. The molecule has 6 nitrogen and oxygen atoms in total. The third-order valence-corrected chi connectivity index (χ3v) is 5.31. The highest BCUT2D eigenvalue weighted by Crippen LogP contribution is 2.28. The van der Waals surface area contributed by atoms with Crippen LogP contribution in [0.2, 0.25) is 0 Å². The predicted octanol–water partition coefficient (Wildman–Crippen LogP) is 1.83. The van der Waals surface area contributed by atoms with Crippen molar-refractivity contribution in [1.29, 1.82) is 0 Å². The molecule has 142 valence electrons. The van der Waals surface area contributed by atoms with Crippen molar-refractivity contribution < 1.29 is 14.3 Å². The van der Waals surface area contributed by atoms with Gasteiger partial charge in [0.25, 0.3) is 0 Å². The Balaban J connectivity index is 1.65. The van der Waals surface area contributed by atoms with Crippen molar-refractivity contribution in [1.82, 2.24) is 10.6 Å². The second-order valence-corrected chi connectivity index (χ2v) is 7.17. The Morgan fingerprint density at radius 2 is 1.88 bits per heavy atom. The summed E-state index contributed by atoms with van der Waals surface area (Å²) in [4.78, 5) is 26.6. The maximum Gasteiger partial charge on any atom is 0.243 e. The molecule has 1 saturated carbocycles. The van der Waals surface area contributed by atoms with E-state index in [-0.39, 0.29) is 17.7 Å². The monoisotopic (exact) mass is 359 g/mol. The number of carbonyl (C=O) groups is 2. The molecule has 6 heteroatoms. The van der Waals surface area contributed by atoms with Crippen LogP contribution >= 0.6 is 0 Å². The van der Waals surface area contributed by atoms with E-state index in [0.29, 0.717) is 6.54 Å². The summed E-state index contributed by atoms with van der Waals surface area (Å²) in [6.45, 7) is 5.13. The highest BCUT2D eigenvalue weighted by atomic mass is 16.5. The Labute approximate surface area is 155 Å². The zero-order valence-electron chi connectivity index (χ0n) is 15.5. The second-order valence-electron chi connectivity index (χ2n) is 7.17. The number of benzene rings is 1.